The van der Waals surface area contributed by atoms with Crippen LogP contribution in [-0.4, -0.2) is 30.3 Å². The number of anilines is 1. The van der Waals surface area contributed by atoms with Gasteiger partial charge in [0.15, 0.2) is 4.34 Å². The van der Waals surface area contributed by atoms with Gasteiger partial charge < -0.3 is 14.8 Å². The molecule has 0 spiro atoms. The summed E-state index contributed by atoms with van der Waals surface area (Å²) in [5, 5.41) is 10.9. The fourth-order valence-corrected chi connectivity index (χ4v) is 4.02. The Kier molecular flexibility index (Phi) is 6.67. The van der Waals surface area contributed by atoms with Crippen molar-refractivity contribution in [3.63, 3.8) is 0 Å². The summed E-state index contributed by atoms with van der Waals surface area (Å²) in [4.78, 5) is 13.4. The van der Waals surface area contributed by atoms with Gasteiger partial charge in [0, 0.05) is 11.3 Å². The van der Waals surface area contributed by atoms with Crippen LogP contribution in [0.4, 0.5) is 5.69 Å². The first-order valence-electron chi connectivity index (χ1n) is 8.23. The number of nitrogens with zero attached hydrogens (tertiary/aromatic N) is 2. The molecule has 0 aliphatic rings. The highest BCUT2D eigenvalue weighted by Gasteiger charge is 2.12. The number of nitrogens with one attached hydrogen (secondary N) is 1. The van der Waals surface area contributed by atoms with E-state index in [0.717, 1.165) is 32.0 Å². The fourth-order valence-electron chi connectivity index (χ4n) is 2.50. The number of carbonyl (C=O) groups excluding carboxylic acids is 1. The van der Waals surface area contributed by atoms with E-state index in [0.29, 0.717) is 12.8 Å². The molecule has 6 nitrogen and oxygen atoms in total. The Bertz CT molecular complexity index is 901. The lowest BCUT2D eigenvalue weighted by Crippen LogP contribution is -2.13. The van der Waals surface area contributed by atoms with Gasteiger partial charge in [-0.2, -0.15) is 0 Å². The Morgan fingerprint density at radius 3 is 2.78 bits per heavy atom. The lowest BCUT2D eigenvalue weighted by Gasteiger charge is -2.12. The molecule has 0 radical (unpaired) electrons. The van der Waals surface area contributed by atoms with Crippen molar-refractivity contribution in [2.75, 3.05) is 19.5 Å². The summed E-state index contributed by atoms with van der Waals surface area (Å²) < 4.78 is 11.5. The standard InChI is InChI=1S/C19H19N3O3S2/c1-24-14-8-9-16(25-2)13(11-14)7-10-18(23)21-15-5-3-4-6-17(15)27-19-22-20-12-26-19/h3-6,8-9,11-12H,7,10H2,1-2H3,(H,21,23). The van der Waals surface area contributed by atoms with E-state index in [1.807, 2.05) is 42.5 Å². The zero-order valence-corrected chi connectivity index (χ0v) is 16.6. The fraction of sp³-hybridized carbons (Fsp3) is 0.211. The van der Waals surface area contributed by atoms with E-state index in [2.05, 4.69) is 15.5 Å². The molecule has 8 heteroatoms. The number of ether oxygens (including phenoxy) is 2. The molecule has 1 aromatic heterocycles. The van der Waals surface area contributed by atoms with Crippen molar-refractivity contribution in [2.24, 2.45) is 0 Å². The molecule has 0 fully saturated rings. The van der Waals surface area contributed by atoms with Crippen LogP contribution in [0.1, 0.15) is 12.0 Å². The topological polar surface area (TPSA) is 73.3 Å². The Morgan fingerprint density at radius 1 is 1.19 bits per heavy atom. The van der Waals surface area contributed by atoms with Gasteiger partial charge in [0.2, 0.25) is 5.91 Å². The molecule has 0 bridgehead atoms. The van der Waals surface area contributed by atoms with E-state index in [-0.39, 0.29) is 5.91 Å². The number of rotatable bonds is 8. The molecule has 1 amide bonds. The van der Waals surface area contributed by atoms with Gasteiger partial charge >= 0.3 is 0 Å². The monoisotopic (exact) mass is 401 g/mol. The van der Waals surface area contributed by atoms with Gasteiger partial charge in [-0.1, -0.05) is 35.2 Å². The van der Waals surface area contributed by atoms with Crippen LogP contribution >= 0.6 is 23.1 Å². The largest absolute Gasteiger partial charge is 0.497 e. The van der Waals surface area contributed by atoms with Crippen LogP contribution in [0.15, 0.2) is 57.2 Å². The summed E-state index contributed by atoms with van der Waals surface area (Å²) in [6.45, 7) is 0. The molecule has 1 heterocycles. The number of hydrogen-bond donors (Lipinski definition) is 1. The van der Waals surface area contributed by atoms with Crippen molar-refractivity contribution >= 4 is 34.7 Å². The van der Waals surface area contributed by atoms with Crippen molar-refractivity contribution in [1.29, 1.82) is 0 Å². The molecule has 0 saturated heterocycles. The van der Waals surface area contributed by atoms with Gasteiger partial charge in [0.1, 0.15) is 17.0 Å². The minimum atomic E-state index is -0.0646. The molecular formula is C19H19N3O3S2. The summed E-state index contributed by atoms with van der Waals surface area (Å²) in [6.07, 6.45) is 0.888. The lowest BCUT2D eigenvalue weighted by molar-refractivity contribution is -0.116. The highest BCUT2D eigenvalue weighted by molar-refractivity contribution is 8.01. The molecule has 0 saturated carbocycles. The van der Waals surface area contributed by atoms with E-state index >= 15 is 0 Å². The van der Waals surface area contributed by atoms with E-state index < -0.39 is 0 Å². The SMILES string of the molecule is COc1ccc(OC)c(CCC(=O)Nc2ccccc2Sc2nncs2)c1. The number of hydrogen-bond acceptors (Lipinski definition) is 7. The molecule has 2 aromatic carbocycles. The summed E-state index contributed by atoms with van der Waals surface area (Å²) in [6, 6.07) is 13.2. The highest BCUT2D eigenvalue weighted by atomic mass is 32.2. The Labute approximate surface area is 165 Å². The predicted molar refractivity (Wildman–Crippen MR) is 107 cm³/mol. The first-order valence-corrected chi connectivity index (χ1v) is 9.93. The Morgan fingerprint density at radius 2 is 2.04 bits per heavy atom. The molecule has 27 heavy (non-hydrogen) atoms. The molecule has 0 aliphatic heterocycles. The van der Waals surface area contributed by atoms with Gasteiger partial charge in [0.05, 0.1) is 19.9 Å². The van der Waals surface area contributed by atoms with Crippen LogP contribution in [0, 0.1) is 0 Å². The minimum absolute atomic E-state index is 0.0646. The first-order chi connectivity index (χ1) is 13.2. The number of methoxy groups -OCH3 is 2. The van der Waals surface area contributed by atoms with Crippen molar-refractivity contribution in [3.8, 4) is 11.5 Å². The van der Waals surface area contributed by atoms with E-state index in [9.17, 15) is 4.79 Å². The summed E-state index contributed by atoms with van der Waals surface area (Å²) in [5.41, 5.74) is 3.38. The minimum Gasteiger partial charge on any atom is -0.497 e. The molecule has 1 N–H and O–H groups in total. The number of benzene rings is 2. The quantitative estimate of drug-likeness (QED) is 0.607. The van der Waals surface area contributed by atoms with Crippen molar-refractivity contribution in [2.45, 2.75) is 22.1 Å². The van der Waals surface area contributed by atoms with Gasteiger partial charge in [-0.3, -0.25) is 4.79 Å². The third kappa shape index (κ3) is 5.21. The molecule has 140 valence electrons. The van der Waals surface area contributed by atoms with Crippen LogP contribution in [0.5, 0.6) is 11.5 Å². The molecule has 3 aromatic rings. The zero-order valence-electron chi connectivity index (χ0n) is 15.0. The molecule has 0 aliphatic carbocycles. The molecule has 3 rings (SSSR count). The zero-order chi connectivity index (χ0) is 19.1. The number of carbonyl (C=O) groups is 1. The number of amides is 1. The third-order valence-electron chi connectivity index (χ3n) is 3.81. The van der Waals surface area contributed by atoms with Gasteiger partial charge in [-0.05, 0) is 42.3 Å². The van der Waals surface area contributed by atoms with Crippen LogP contribution < -0.4 is 14.8 Å². The second-order valence-electron chi connectivity index (χ2n) is 5.53. The smallest absolute Gasteiger partial charge is 0.224 e. The van der Waals surface area contributed by atoms with Crippen LogP contribution in [0.3, 0.4) is 0 Å². The predicted octanol–water partition coefficient (Wildman–Crippen LogP) is 4.28. The number of para-hydroxylation sites is 1. The number of aromatic nitrogens is 2. The van der Waals surface area contributed by atoms with Crippen LogP contribution in [0.25, 0.3) is 0 Å². The van der Waals surface area contributed by atoms with E-state index in [1.54, 1.807) is 19.7 Å². The number of aryl methyl sites for hydroxylation is 1. The second-order valence-corrected chi connectivity index (χ2v) is 7.65. The highest BCUT2D eigenvalue weighted by Crippen LogP contribution is 2.34. The maximum Gasteiger partial charge on any atom is 0.224 e. The summed E-state index contributed by atoms with van der Waals surface area (Å²) >= 11 is 2.94. The average Bonchev–Trinajstić information content (AvgIpc) is 3.20. The van der Waals surface area contributed by atoms with Crippen LogP contribution in [-0.2, 0) is 11.2 Å². The average molecular weight is 402 g/mol. The maximum absolute atomic E-state index is 12.5. The maximum atomic E-state index is 12.5. The first kappa shape index (κ1) is 19.2. The second kappa shape index (κ2) is 9.38. The molecular weight excluding hydrogens is 382 g/mol. The van der Waals surface area contributed by atoms with Gasteiger partial charge in [0.25, 0.3) is 0 Å². The van der Waals surface area contributed by atoms with Crippen molar-refractivity contribution in [3.05, 3.63) is 53.5 Å². The Hall–Kier alpha value is -2.58. The van der Waals surface area contributed by atoms with E-state index in [1.165, 1.54) is 23.1 Å². The summed E-state index contributed by atoms with van der Waals surface area (Å²) in [7, 11) is 3.23. The van der Waals surface area contributed by atoms with Gasteiger partial charge in [-0.15, -0.1) is 10.2 Å². The van der Waals surface area contributed by atoms with Gasteiger partial charge in [-0.25, -0.2) is 0 Å². The van der Waals surface area contributed by atoms with Crippen LogP contribution in [0.2, 0.25) is 0 Å². The molecule has 0 atom stereocenters. The normalized spacial score (nSPS) is 10.4. The van der Waals surface area contributed by atoms with E-state index in [4.69, 9.17) is 9.47 Å². The van der Waals surface area contributed by atoms with Crippen molar-refractivity contribution < 1.29 is 14.3 Å². The molecule has 0 unspecified atom stereocenters. The Balaban J connectivity index is 1.65. The lowest BCUT2D eigenvalue weighted by atomic mass is 10.1. The van der Waals surface area contributed by atoms with Crippen molar-refractivity contribution in [1.82, 2.24) is 10.2 Å². The third-order valence-corrected chi connectivity index (χ3v) is 5.66. The summed E-state index contributed by atoms with van der Waals surface area (Å²) in [5.74, 6) is 1.42.